The van der Waals surface area contributed by atoms with Crippen molar-refractivity contribution in [1.29, 1.82) is 0 Å². The van der Waals surface area contributed by atoms with E-state index in [0.717, 1.165) is 28.9 Å². The van der Waals surface area contributed by atoms with Crippen molar-refractivity contribution in [3.05, 3.63) is 42.6 Å². The van der Waals surface area contributed by atoms with E-state index in [1.165, 1.54) is 6.33 Å². The van der Waals surface area contributed by atoms with Gasteiger partial charge in [-0.05, 0) is 17.8 Å². The number of halogens is 1. The predicted molar refractivity (Wildman–Crippen MR) is 70.1 cm³/mol. The van der Waals surface area contributed by atoms with Crippen LogP contribution in [-0.4, -0.2) is 19.9 Å². The van der Waals surface area contributed by atoms with Crippen molar-refractivity contribution in [3.63, 3.8) is 0 Å². The Hall–Kier alpha value is -2.28. The number of para-hydroxylation sites is 1. The molecule has 3 rings (SSSR count). The second kappa shape index (κ2) is 4.77. The molecule has 0 atom stereocenters. The predicted octanol–water partition coefficient (Wildman–Crippen LogP) is 2.29. The summed E-state index contributed by atoms with van der Waals surface area (Å²) in [6, 6.07) is 7.50. The van der Waals surface area contributed by atoms with Crippen LogP contribution in [0.5, 0.6) is 0 Å². The Morgan fingerprint density at radius 3 is 2.79 bits per heavy atom. The maximum atomic E-state index is 13.6. The first-order valence-corrected chi connectivity index (χ1v) is 6.21. The van der Waals surface area contributed by atoms with Crippen LogP contribution in [0, 0.1) is 5.82 Å². The monoisotopic (exact) mass is 273 g/mol. The van der Waals surface area contributed by atoms with E-state index in [1.807, 2.05) is 24.3 Å². The highest BCUT2D eigenvalue weighted by Gasteiger charge is 2.11. The van der Waals surface area contributed by atoms with E-state index in [9.17, 15) is 4.39 Å². The summed E-state index contributed by atoms with van der Waals surface area (Å²) in [6.07, 6.45) is 2.49. The van der Waals surface area contributed by atoms with Gasteiger partial charge in [0.1, 0.15) is 16.4 Å². The summed E-state index contributed by atoms with van der Waals surface area (Å²) in [5, 5.41) is 1.62. The molecular formula is C12H8FN5S. The number of nitrogen functional groups attached to an aromatic ring is 1. The summed E-state index contributed by atoms with van der Waals surface area (Å²) in [5.41, 5.74) is 6.25. The van der Waals surface area contributed by atoms with Crippen molar-refractivity contribution in [2.75, 3.05) is 5.73 Å². The third-order valence-corrected chi connectivity index (χ3v) is 3.43. The van der Waals surface area contributed by atoms with E-state index < -0.39 is 5.82 Å². The molecule has 2 heterocycles. The summed E-state index contributed by atoms with van der Waals surface area (Å²) in [7, 11) is 0. The van der Waals surface area contributed by atoms with Gasteiger partial charge in [0.2, 0.25) is 5.95 Å². The third kappa shape index (κ3) is 2.32. The molecule has 0 aliphatic rings. The molecule has 0 aliphatic carbocycles. The average Bonchev–Trinajstić information content (AvgIpc) is 2.43. The van der Waals surface area contributed by atoms with Crippen LogP contribution < -0.4 is 5.73 Å². The number of anilines is 1. The fourth-order valence-electron chi connectivity index (χ4n) is 1.59. The van der Waals surface area contributed by atoms with Crippen LogP contribution in [0.2, 0.25) is 0 Å². The minimum atomic E-state index is -0.526. The van der Waals surface area contributed by atoms with Gasteiger partial charge in [-0.25, -0.2) is 24.3 Å². The Kier molecular flexibility index (Phi) is 2.96. The van der Waals surface area contributed by atoms with Crippen LogP contribution in [0.15, 0.2) is 46.8 Å². The van der Waals surface area contributed by atoms with E-state index >= 15 is 0 Å². The van der Waals surface area contributed by atoms with Gasteiger partial charge in [-0.3, -0.25) is 0 Å². The molecule has 2 aromatic heterocycles. The van der Waals surface area contributed by atoms with Gasteiger partial charge in [0, 0.05) is 5.39 Å². The molecule has 0 amide bonds. The molecule has 0 radical (unpaired) electrons. The Bertz CT molecular complexity index is 744. The fourth-order valence-corrected chi connectivity index (χ4v) is 2.44. The van der Waals surface area contributed by atoms with E-state index in [0.29, 0.717) is 5.03 Å². The minimum Gasteiger partial charge on any atom is -0.368 e. The quantitative estimate of drug-likeness (QED) is 0.722. The maximum Gasteiger partial charge on any atom is 0.221 e. The van der Waals surface area contributed by atoms with Crippen LogP contribution in [0.3, 0.4) is 0 Å². The lowest BCUT2D eigenvalue weighted by Crippen LogP contribution is -1.98. The second-order valence-electron chi connectivity index (χ2n) is 3.68. The van der Waals surface area contributed by atoms with Gasteiger partial charge in [0.25, 0.3) is 0 Å². The van der Waals surface area contributed by atoms with Gasteiger partial charge in [0.15, 0.2) is 5.82 Å². The molecule has 5 nitrogen and oxygen atoms in total. The highest BCUT2D eigenvalue weighted by Crippen LogP contribution is 2.31. The summed E-state index contributed by atoms with van der Waals surface area (Å²) in [5.74, 6) is -0.496. The summed E-state index contributed by atoms with van der Waals surface area (Å²) >= 11 is 1.10. The molecule has 0 spiro atoms. The molecule has 0 aliphatic heterocycles. The van der Waals surface area contributed by atoms with E-state index in [2.05, 4.69) is 19.9 Å². The number of rotatable bonds is 2. The van der Waals surface area contributed by atoms with Crippen LogP contribution in [0.25, 0.3) is 10.9 Å². The zero-order chi connectivity index (χ0) is 13.2. The molecule has 1 aromatic carbocycles. The van der Waals surface area contributed by atoms with E-state index in [4.69, 9.17) is 5.73 Å². The lowest BCUT2D eigenvalue weighted by molar-refractivity contribution is 0.580. The van der Waals surface area contributed by atoms with Gasteiger partial charge in [-0.15, -0.1) is 0 Å². The fraction of sp³-hybridized carbons (Fsp3) is 0. The standard InChI is InChI=1S/C12H8FN5S/c13-8-5-15-12(14)18-11(8)19-10-7-3-1-2-4-9(7)16-6-17-10/h1-6H,(H2,14,15,18). The minimum absolute atomic E-state index is 0.0299. The number of benzene rings is 1. The number of fused-ring (bicyclic) bond motifs is 1. The van der Waals surface area contributed by atoms with Gasteiger partial charge >= 0.3 is 0 Å². The lowest BCUT2D eigenvalue weighted by atomic mass is 10.2. The van der Waals surface area contributed by atoms with Gasteiger partial charge < -0.3 is 5.73 Å². The third-order valence-electron chi connectivity index (χ3n) is 2.43. The van der Waals surface area contributed by atoms with Crippen molar-refractivity contribution in [1.82, 2.24) is 19.9 Å². The average molecular weight is 273 g/mol. The van der Waals surface area contributed by atoms with Crippen LogP contribution in [0.1, 0.15) is 0 Å². The first kappa shape index (κ1) is 11.8. The molecule has 19 heavy (non-hydrogen) atoms. The number of nitrogens with two attached hydrogens (primary N) is 1. The Morgan fingerprint density at radius 2 is 1.89 bits per heavy atom. The molecular weight excluding hydrogens is 265 g/mol. The first-order valence-electron chi connectivity index (χ1n) is 5.39. The smallest absolute Gasteiger partial charge is 0.221 e. The van der Waals surface area contributed by atoms with Crippen molar-refractivity contribution in [2.24, 2.45) is 0 Å². The normalized spacial score (nSPS) is 10.8. The van der Waals surface area contributed by atoms with Gasteiger partial charge in [-0.1, -0.05) is 18.2 Å². The highest BCUT2D eigenvalue weighted by molar-refractivity contribution is 7.99. The molecule has 0 saturated heterocycles. The number of nitrogens with zero attached hydrogens (tertiary/aromatic N) is 4. The molecule has 94 valence electrons. The van der Waals surface area contributed by atoms with E-state index in [1.54, 1.807) is 0 Å². The van der Waals surface area contributed by atoms with Gasteiger partial charge in [-0.2, -0.15) is 0 Å². The SMILES string of the molecule is Nc1ncc(F)c(Sc2ncnc3ccccc23)n1. The van der Waals surface area contributed by atoms with Gasteiger partial charge in [0.05, 0.1) is 11.7 Å². The molecule has 0 bridgehead atoms. The largest absolute Gasteiger partial charge is 0.368 e. The molecule has 7 heteroatoms. The Balaban J connectivity index is 2.08. The molecule has 3 aromatic rings. The van der Waals surface area contributed by atoms with Crippen molar-refractivity contribution >= 4 is 28.6 Å². The second-order valence-corrected chi connectivity index (χ2v) is 4.66. The molecule has 0 unspecified atom stereocenters. The number of aromatic nitrogens is 4. The first-order chi connectivity index (χ1) is 9.24. The zero-order valence-electron chi connectivity index (χ0n) is 9.62. The number of hydrogen-bond acceptors (Lipinski definition) is 6. The van der Waals surface area contributed by atoms with E-state index in [-0.39, 0.29) is 11.0 Å². The Morgan fingerprint density at radius 1 is 1.05 bits per heavy atom. The molecule has 2 N–H and O–H groups in total. The lowest BCUT2D eigenvalue weighted by Gasteiger charge is -2.04. The molecule has 0 fully saturated rings. The topological polar surface area (TPSA) is 77.6 Å². The number of hydrogen-bond donors (Lipinski definition) is 1. The summed E-state index contributed by atoms with van der Waals surface area (Å²) < 4.78 is 13.6. The summed E-state index contributed by atoms with van der Waals surface area (Å²) in [4.78, 5) is 15.8. The van der Waals surface area contributed by atoms with Crippen molar-refractivity contribution < 1.29 is 4.39 Å². The summed E-state index contributed by atoms with van der Waals surface area (Å²) in [6.45, 7) is 0. The maximum absolute atomic E-state index is 13.6. The molecule has 0 saturated carbocycles. The Labute approximate surface area is 112 Å². The zero-order valence-corrected chi connectivity index (χ0v) is 10.4. The van der Waals surface area contributed by atoms with Crippen LogP contribution >= 0.6 is 11.8 Å². The van der Waals surface area contributed by atoms with Crippen molar-refractivity contribution in [3.8, 4) is 0 Å². The van der Waals surface area contributed by atoms with Crippen molar-refractivity contribution in [2.45, 2.75) is 10.1 Å². The van der Waals surface area contributed by atoms with Crippen LogP contribution in [0.4, 0.5) is 10.3 Å². The highest BCUT2D eigenvalue weighted by atomic mass is 32.2. The van der Waals surface area contributed by atoms with Crippen LogP contribution in [-0.2, 0) is 0 Å².